The Balaban J connectivity index is 1.55. The molecule has 0 N–H and O–H groups in total. The molecule has 2 aromatic heterocycles. The van der Waals surface area contributed by atoms with Gasteiger partial charge in [0.25, 0.3) is 5.91 Å². The third-order valence-corrected chi connectivity index (χ3v) is 5.84. The normalized spacial score (nSPS) is 14.6. The second-order valence-corrected chi connectivity index (χ2v) is 7.54. The number of aryl methyl sites for hydroxylation is 1. The molecule has 27 heavy (non-hydrogen) atoms. The van der Waals surface area contributed by atoms with E-state index in [2.05, 4.69) is 9.88 Å². The molecule has 0 bridgehead atoms. The maximum absolute atomic E-state index is 14.3. The molecule has 5 nitrogen and oxygen atoms in total. The van der Waals surface area contributed by atoms with E-state index in [1.54, 1.807) is 35.7 Å². The highest BCUT2D eigenvalue weighted by atomic mass is 32.1. The topological polar surface area (TPSA) is 41.4 Å². The van der Waals surface area contributed by atoms with Gasteiger partial charge in [0.1, 0.15) is 5.82 Å². The Morgan fingerprint density at radius 1 is 1.15 bits per heavy atom. The lowest BCUT2D eigenvalue weighted by Crippen LogP contribution is -2.48. The van der Waals surface area contributed by atoms with E-state index < -0.39 is 0 Å². The Labute approximate surface area is 161 Å². The van der Waals surface area contributed by atoms with Gasteiger partial charge in [-0.25, -0.2) is 9.37 Å². The van der Waals surface area contributed by atoms with Crippen LogP contribution in [0.3, 0.4) is 0 Å². The van der Waals surface area contributed by atoms with Crippen molar-refractivity contribution in [3.8, 4) is 5.69 Å². The van der Waals surface area contributed by atoms with Crippen LogP contribution in [-0.2, 0) is 0 Å². The van der Waals surface area contributed by atoms with E-state index >= 15 is 0 Å². The molecule has 1 saturated heterocycles. The number of para-hydroxylation sites is 1. The zero-order valence-corrected chi connectivity index (χ0v) is 16.2. The molecule has 0 radical (unpaired) electrons. The quantitative estimate of drug-likeness (QED) is 0.692. The Morgan fingerprint density at radius 2 is 1.89 bits per heavy atom. The highest BCUT2D eigenvalue weighted by Crippen LogP contribution is 2.25. The summed E-state index contributed by atoms with van der Waals surface area (Å²) in [5, 5.41) is 2.96. The van der Waals surface area contributed by atoms with E-state index in [0.29, 0.717) is 24.3 Å². The predicted octanol–water partition coefficient (Wildman–Crippen LogP) is 3.65. The summed E-state index contributed by atoms with van der Waals surface area (Å²) in [6.45, 7) is 6.62. The third-order valence-electron chi connectivity index (χ3n) is 5.01. The number of anilines is 1. The highest BCUT2D eigenvalue weighted by molar-refractivity contribution is 7.13. The van der Waals surface area contributed by atoms with E-state index in [9.17, 15) is 9.18 Å². The Bertz CT molecular complexity index is 959. The van der Waals surface area contributed by atoms with Gasteiger partial charge in [0.2, 0.25) is 0 Å². The van der Waals surface area contributed by atoms with E-state index in [0.717, 1.165) is 29.6 Å². The zero-order valence-electron chi connectivity index (χ0n) is 15.4. The van der Waals surface area contributed by atoms with Gasteiger partial charge in [-0.1, -0.05) is 12.1 Å². The van der Waals surface area contributed by atoms with Gasteiger partial charge in [0, 0.05) is 49.1 Å². The minimum absolute atomic E-state index is 0.00415. The number of rotatable bonds is 3. The van der Waals surface area contributed by atoms with Crippen LogP contribution in [0.4, 0.5) is 9.52 Å². The monoisotopic (exact) mass is 384 g/mol. The van der Waals surface area contributed by atoms with Crippen molar-refractivity contribution in [2.75, 3.05) is 31.1 Å². The number of hydrogen-bond donors (Lipinski definition) is 0. The van der Waals surface area contributed by atoms with Crippen LogP contribution in [0.25, 0.3) is 5.69 Å². The van der Waals surface area contributed by atoms with Gasteiger partial charge in [-0.3, -0.25) is 4.79 Å². The summed E-state index contributed by atoms with van der Waals surface area (Å²) in [5.74, 6) is -0.292. The molecule has 3 heterocycles. The van der Waals surface area contributed by atoms with Gasteiger partial charge in [-0.15, -0.1) is 11.3 Å². The smallest absolute Gasteiger partial charge is 0.255 e. The first kappa shape index (κ1) is 17.7. The fourth-order valence-electron chi connectivity index (χ4n) is 3.63. The Kier molecular flexibility index (Phi) is 4.70. The van der Waals surface area contributed by atoms with Crippen molar-refractivity contribution in [2.24, 2.45) is 0 Å². The van der Waals surface area contributed by atoms with Crippen molar-refractivity contribution in [3.63, 3.8) is 0 Å². The van der Waals surface area contributed by atoms with Crippen molar-refractivity contribution in [1.82, 2.24) is 14.5 Å². The first-order valence-corrected chi connectivity index (χ1v) is 9.82. The first-order chi connectivity index (χ1) is 13.1. The average Bonchev–Trinajstić information content (AvgIpc) is 3.31. The Hall–Kier alpha value is -2.67. The Morgan fingerprint density at radius 3 is 2.56 bits per heavy atom. The summed E-state index contributed by atoms with van der Waals surface area (Å²) in [4.78, 5) is 21.5. The number of carbonyl (C=O) groups excluding carboxylic acids is 1. The fraction of sp³-hybridized carbons (Fsp3) is 0.300. The van der Waals surface area contributed by atoms with Gasteiger partial charge < -0.3 is 14.4 Å². The molecule has 0 saturated carbocycles. The SMILES string of the molecule is Cc1cc(C(=O)N2CCN(c3nccs3)CC2)c(C)n1-c1ccccc1F. The van der Waals surface area contributed by atoms with Crippen molar-refractivity contribution in [1.29, 1.82) is 0 Å². The summed E-state index contributed by atoms with van der Waals surface area (Å²) in [6, 6.07) is 8.50. The number of halogens is 1. The summed E-state index contributed by atoms with van der Waals surface area (Å²) >= 11 is 1.61. The molecule has 0 atom stereocenters. The van der Waals surface area contributed by atoms with Crippen LogP contribution in [-0.4, -0.2) is 46.5 Å². The minimum atomic E-state index is -0.296. The molecule has 3 aromatic rings. The molecule has 1 fully saturated rings. The summed E-state index contributed by atoms with van der Waals surface area (Å²) in [7, 11) is 0. The molecule has 0 spiro atoms. The molecule has 7 heteroatoms. The summed E-state index contributed by atoms with van der Waals surface area (Å²) in [5.41, 5.74) is 2.73. The minimum Gasteiger partial charge on any atom is -0.345 e. The van der Waals surface area contributed by atoms with Crippen LogP contribution in [0.15, 0.2) is 41.9 Å². The zero-order chi connectivity index (χ0) is 19.0. The first-order valence-electron chi connectivity index (χ1n) is 8.94. The lowest BCUT2D eigenvalue weighted by atomic mass is 10.2. The van der Waals surface area contributed by atoms with Gasteiger partial charge in [0.05, 0.1) is 11.3 Å². The molecule has 1 aromatic carbocycles. The van der Waals surface area contributed by atoms with E-state index in [1.807, 2.05) is 34.8 Å². The van der Waals surface area contributed by atoms with Crippen molar-refractivity contribution in [3.05, 3.63) is 64.7 Å². The lowest BCUT2D eigenvalue weighted by molar-refractivity contribution is 0.0746. The second kappa shape index (κ2) is 7.15. The molecular formula is C20H21FN4OS. The van der Waals surface area contributed by atoms with Gasteiger partial charge >= 0.3 is 0 Å². The maximum Gasteiger partial charge on any atom is 0.255 e. The van der Waals surface area contributed by atoms with Crippen LogP contribution in [0, 0.1) is 19.7 Å². The lowest BCUT2D eigenvalue weighted by Gasteiger charge is -2.34. The number of nitrogens with zero attached hydrogens (tertiary/aromatic N) is 4. The van der Waals surface area contributed by atoms with Crippen LogP contribution in [0.1, 0.15) is 21.7 Å². The van der Waals surface area contributed by atoms with Gasteiger partial charge in [-0.05, 0) is 32.0 Å². The number of benzene rings is 1. The molecule has 0 unspecified atom stereocenters. The average molecular weight is 384 g/mol. The number of amides is 1. The number of aromatic nitrogens is 2. The number of thiazole rings is 1. The fourth-order valence-corrected chi connectivity index (χ4v) is 4.32. The third kappa shape index (κ3) is 3.23. The van der Waals surface area contributed by atoms with Crippen molar-refractivity contribution in [2.45, 2.75) is 13.8 Å². The largest absolute Gasteiger partial charge is 0.345 e. The summed E-state index contributed by atoms with van der Waals surface area (Å²) < 4.78 is 16.1. The van der Waals surface area contributed by atoms with Crippen molar-refractivity contribution >= 4 is 22.4 Å². The molecule has 1 aliphatic rings. The standard InChI is InChI=1S/C20H21FN4OS/c1-14-13-16(15(2)25(14)18-6-4-3-5-17(18)21)19(26)23-8-10-24(11-9-23)20-22-7-12-27-20/h3-7,12-13H,8-11H2,1-2H3. The molecular weight excluding hydrogens is 363 g/mol. The highest BCUT2D eigenvalue weighted by Gasteiger charge is 2.26. The summed E-state index contributed by atoms with van der Waals surface area (Å²) in [6.07, 6.45) is 1.80. The molecule has 140 valence electrons. The van der Waals surface area contributed by atoms with Crippen LogP contribution >= 0.6 is 11.3 Å². The van der Waals surface area contributed by atoms with Crippen LogP contribution in [0.5, 0.6) is 0 Å². The van der Waals surface area contributed by atoms with E-state index in [4.69, 9.17) is 0 Å². The number of hydrogen-bond acceptors (Lipinski definition) is 4. The maximum atomic E-state index is 14.3. The van der Waals surface area contributed by atoms with Crippen LogP contribution < -0.4 is 4.90 Å². The molecule has 4 rings (SSSR count). The molecule has 0 aliphatic carbocycles. The predicted molar refractivity (Wildman–Crippen MR) is 105 cm³/mol. The van der Waals surface area contributed by atoms with Gasteiger partial charge in [-0.2, -0.15) is 0 Å². The second-order valence-electron chi connectivity index (χ2n) is 6.67. The van der Waals surface area contributed by atoms with Crippen LogP contribution in [0.2, 0.25) is 0 Å². The van der Waals surface area contributed by atoms with E-state index in [-0.39, 0.29) is 11.7 Å². The molecule has 1 aliphatic heterocycles. The number of carbonyl (C=O) groups is 1. The van der Waals surface area contributed by atoms with E-state index in [1.165, 1.54) is 6.07 Å². The number of piperazine rings is 1. The van der Waals surface area contributed by atoms with Gasteiger partial charge in [0.15, 0.2) is 5.13 Å². The van der Waals surface area contributed by atoms with Crippen molar-refractivity contribution < 1.29 is 9.18 Å². The molecule has 1 amide bonds.